The fourth-order valence-electron chi connectivity index (χ4n) is 5.38. The molecular formula is C29H33N3O6S2. The Morgan fingerprint density at radius 1 is 1.07 bits per heavy atom. The van der Waals surface area contributed by atoms with Gasteiger partial charge in [0, 0.05) is 23.2 Å². The number of rotatable bonds is 10. The lowest BCUT2D eigenvalue weighted by Gasteiger charge is -2.40. The lowest BCUT2D eigenvalue weighted by Crippen LogP contribution is -2.55. The zero-order chi connectivity index (χ0) is 28.5. The summed E-state index contributed by atoms with van der Waals surface area (Å²) in [5.41, 5.74) is 1.91. The number of likely N-dealkylation sites (tertiary alicyclic amines) is 1. The lowest BCUT2D eigenvalue weighted by atomic mass is 10.0. The number of carbonyl (C=O) groups is 3. The van der Waals surface area contributed by atoms with Crippen LogP contribution in [-0.4, -0.2) is 59.4 Å². The zero-order valence-electron chi connectivity index (χ0n) is 22.3. The van der Waals surface area contributed by atoms with Crippen LogP contribution in [0.2, 0.25) is 0 Å². The van der Waals surface area contributed by atoms with Gasteiger partial charge in [-0.3, -0.25) is 9.59 Å². The fourth-order valence-corrected chi connectivity index (χ4v) is 8.30. The van der Waals surface area contributed by atoms with Gasteiger partial charge in [-0.1, -0.05) is 19.1 Å². The maximum Gasteiger partial charge on any atom is 0.352 e. The van der Waals surface area contributed by atoms with Gasteiger partial charge in [0.2, 0.25) is 5.91 Å². The van der Waals surface area contributed by atoms with Gasteiger partial charge in [-0.25, -0.2) is 13.2 Å². The van der Waals surface area contributed by atoms with E-state index in [9.17, 15) is 27.9 Å². The van der Waals surface area contributed by atoms with Gasteiger partial charge in [-0.2, -0.15) is 0 Å². The predicted octanol–water partition coefficient (Wildman–Crippen LogP) is 4.02. The van der Waals surface area contributed by atoms with Crippen molar-refractivity contribution in [3.05, 3.63) is 70.8 Å². The number of anilines is 1. The van der Waals surface area contributed by atoms with Crippen molar-refractivity contribution in [2.45, 2.75) is 61.3 Å². The third-order valence-corrected chi connectivity index (χ3v) is 11.1. The van der Waals surface area contributed by atoms with Crippen molar-refractivity contribution in [1.82, 2.24) is 10.2 Å². The molecule has 2 atom stereocenters. The monoisotopic (exact) mass is 583 g/mol. The van der Waals surface area contributed by atoms with Gasteiger partial charge in [0.05, 0.1) is 23.1 Å². The standard InChI is InChI=1S/C29H33N3O6S2/c1-2-29(31-24(17-39-29)28(35)36)25-4-3-15-32(25)27(34)21-9-11-22(12-10-21)30-26(33)16-19-7-13-23(14-8-19)40(37,38)18-20-5-6-20/h7-14,17,20,25,31H,2-6,15-16,18H2,1H3,(H,30,33)(H,35,36). The first kappa shape index (κ1) is 28.2. The average molecular weight is 584 g/mol. The quantitative estimate of drug-likeness (QED) is 0.382. The van der Waals surface area contributed by atoms with E-state index in [1.165, 1.54) is 11.8 Å². The van der Waals surface area contributed by atoms with Crippen LogP contribution in [0.4, 0.5) is 5.69 Å². The van der Waals surface area contributed by atoms with Crippen molar-refractivity contribution in [3.8, 4) is 0 Å². The fraction of sp³-hybridized carbons (Fsp3) is 0.414. The van der Waals surface area contributed by atoms with Crippen LogP contribution in [0, 0.1) is 5.92 Å². The van der Waals surface area contributed by atoms with Gasteiger partial charge in [-0.05, 0) is 80.0 Å². The number of benzene rings is 2. The summed E-state index contributed by atoms with van der Waals surface area (Å²) in [6, 6.07) is 13.0. The topological polar surface area (TPSA) is 133 Å². The first-order valence-corrected chi connectivity index (χ1v) is 16.1. The van der Waals surface area contributed by atoms with Crippen LogP contribution in [0.15, 0.2) is 64.5 Å². The van der Waals surface area contributed by atoms with Gasteiger partial charge < -0.3 is 20.6 Å². The number of sulfone groups is 1. The number of hydrogen-bond acceptors (Lipinski definition) is 7. The molecular weight excluding hydrogens is 550 g/mol. The molecule has 2 unspecified atom stereocenters. The minimum Gasteiger partial charge on any atom is -0.477 e. The van der Waals surface area contributed by atoms with Gasteiger partial charge in [0.25, 0.3) is 5.91 Å². The maximum absolute atomic E-state index is 13.4. The van der Waals surface area contributed by atoms with Crippen LogP contribution in [0.25, 0.3) is 0 Å². The summed E-state index contributed by atoms with van der Waals surface area (Å²) in [6.45, 7) is 2.58. The third kappa shape index (κ3) is 6.05. The highest BCUT2D eigenvalue weighted by Crippen LogP contribution is 2.43. The van der Waals surface area contributed by atoms with Crippen LogP contribution in [-0.2, 0) is 25.8 Å². The first-order valence-electron chi connectivity index (χ1n) is 13.5. The number of carboxylic acids is 1. The van der Waals surface area contributed by atoms with Gasteiger partial charge in [0.1, 0.15) is 10.6 Å². The second-order valence-corrected chi connectivity index (χ2v) is 13.9. The highest BCUT2D eigenvalue weighted by molar-refractivity contribution is 8.03. The van der Waals surface area contributed by atoms with Gasteiger partial charge in [0.15, 0.2) is 9.84 Å². The molecule has 2 amide bonds. The van der Waals surface area contributed by atoms with Crippen LogP contribution in [0.3, 0.4) is 0 Å². The van der Waals surface area contributed by atoms with E-state index in [1.54, 1.807) is 53.9 Å². The molecule has 1 saturated heterocycles. The van der Waals surface area contributed by atoms with E-state index in [-0.39, 0.29) is 46.5 Å². The second kappa shape index (κ2) is 11.3. The molecule has 2 fully saturated rings. The minimum atomic E-state index is -3.29. The van der Waals surface area contributed by atoms with Crippen molar-refractivity contribution in [2.24, 2.45) is 5.92 Å². The Hall–Kier alpha value is -3.31. The number of nitrogens with one attached hydrogen (secondary N) is 2. The van der Waals surface area contributed by atoms with Crippen molar-refractivity contribution >= 4 is 45.1 Å². The Labute approximate surface area is 238 Å². The van der Waals surface area contributed by atoms with E-state index in [2.05, 4.69) is 10.6 Å². The summed E-state index contributed by atoms with van der Waals surface area (Å²) >= 11 is 1.43. The van der Waals surface area contributed by atoms with Crippen LogP contribution < -0.4 is 10.6 Å². The normalized spacial score (nSPS) is 22.5. The molecule has 3 N–H and O–H groups in total. The van der Waals surface area contributed by atoms with Crippen LogP contribution in [0.5, 0.6) is 0 Å². The van der Waals surface area contributed by atoms with Crippen LogP contribution in [0.1, 0.15) is 54.9 Å². The molecule has 2 heterocycles. The first-order chi connectivity index (χ1) is 19.1. The van der Waals surface area contributed by atoms with Crippen molar-refractivity contribution in [2.75, 3.05) is 17.6 Å². The molecule has 0 bridgehead atoms. The maximum atomic E-state index is 13.4. The molecule has 1 aliphatic carbocycles. The summed E-state index contributed by atoms with van der Waals surface area (Å²) < 4.78 is 24.9. The van der Waals surface area contributed by atoms with E-state index in [0.717, 1.165) is 25.7 Å². The third-order valence-electron chi connectivity index (χ3n) is 7.76. The molecule has 40 heavy (non-hydrogen) atoms. The number of nitrogens with zero attached hydrogens (tertiary/aromatic N) is 1. The molecule has 11 heteroatoms. The number of carboxylic acid groups (broad SMARTS) is 1. The van der Waals surface area contributed by atoms with E-state index in [4.69, 9.17) is 0 Å². The molecule has 2 aliphatic heterocycles. The van der Waals surface area contributed by atoms with E-state index in [0.29, 0.717) is 29.8 Å². The Kier molecular flexibility index (Phi) is 7.96. The predicted molar refractivity (Wildman–Crippen MR) is 154 cm³/mol. The SMILES string of the molecule is CCC1(C2CCCN2C(=O)c2ccc(NC(=O)Cc3ccc(S(=O)(=O)CC4CC4)cc3)cc2)NC(C(=O)O)=CS1. The van der Waals surface area contributed by atoms with Crippen molar-refractivity contribution < 1.29 is 27.9 Å². The molecule has 1 saturated carbocycles. The number of carbonyl (C=O) groups excluding carboxylic acids is 2. The molecule has 9 nitrogen and oxygen atoms in total. The van der Waals surface area contributed by atoms with Crippen molar-refractivity contribution in [1.29, 1.82) is 0 Å². The Balaban J connectivity index is 1.18. The molecule has 212 valence electrons. The number of amides is 2. The molecule has 5 rings (SSSR count). The highest BCUT2D eigenvalue weighted by Gasteiger charge is 2.48. The van der Waals surface area contributed by atoms with E-state index < -0.39 is 20.7 Å². The molecule has 3 aliphatic rings. The molecule has 2 aromatic carbocycles. The Morgan fingerprint density at radius 3 is 2.38 bits per heavy atom. The number of aliphatic carboxylic acids is 1. The molecule has 0 aromatic heterocycles. The summed E-state index contributed by atoms with van der Waals surface area (Å²) in [7, 11) is -3.29. The molecule has 0 spiro atoms. The Bertz CT molecular complexity index is 1440. The van der Waals surface area contributed by atoms with Gasteiger partial charge in [-0.15, -0.1) is 11.8 Å². The summed E-state index contributed by atoms with van der Waals surface area (Å²) in [4.78, 5) is 39.1. The van der Waals surface area contributed by atoms with E-state index in [1.807, 2.05) is 11.8 Å². The van der Waals surface area contributed by atoms with Crippen LogP contribution >= 0.6 is 11.8 Å². The van der Waals surface area contributed by atoms with Gasteiger partial charge >= 0.3 is 5.97 Å². The minimum absolute atomic E-state index is 0.0925. The molecule has 0 radical (unpaired) electrons. The number of thioether (sulfide) groups is 1. The smallest absolute Gasteiger partial charge is 0.352 e. The largest absolute Gasteiger partial charge is 0.477 e. The highest BCUT2D eigenvalue weighted by atomic mass is 32.2. The summed E-state index contributed by atoms with van der Waals surface area (Å²) in [5, 5.41) is 17.0. The molecule has 2 aromatic rings. The summed E-state index contributed by atoms with van der Waals surface area (Å²) in [6.07, 6.45) is 4.30. The van der Waals surface area contributed by atoms with E-state index >= 15 is 0 Å². The second-order valence-electron chi connectivity index (χ2n) is 10.7. The van der Waals surface area contributed by atoms with Crippen molar-refractivity contribution in [3.63, 3.8) is 0 Å². The summed E-state index contributed by atoms with van der Waals surface area (Å²) in [5.74, 6) is -0.930. The Morgan fingerprint density at radius 2 is 1.77 bits per heavy atom. The number of hydrogen-bond donors (Lipinski definition) is 3. The lowest BCUT2D eigenvalue weighted by molar-refractivity contribution is -0.133. The zero-order valence-corrected chi connectivity index (χ0v) is 23.9. The average Bonchev–Trinajstić information content (AvgIpc) is 3.40.